The van der Waals surface area contributed by atoms with Gasteiger partial charge in [0.1, 0.15) is 11.0 Å². The van der Waals surface area contributed by atoms with Gasteiger partial charge in [-0.25, -0.2) is 4.98 Å². The molecule has 0 aromatic carbocycles. The van der Waals surface area contributed by atoms with E-state index in [1.165, 1.54) is 0 Å². The highest BCUT2D eigenvalue weighted by molar-refractivity contribution is 6.42. The predicted octanol–water partition coefficient (Wildman–Crippen LogP) is 2.40. The number of anilines is 1. The molecule has 2 rings (SSSR count). The number of hydrogen-bond acceptors (Lipinski definition) is 4. The Kier molecular flexibility index (Phi) is 5.32. The van der Waals surface area contributed by atoms with Gasteiger partial charge in [-0.05, 0) is 18.9 Å². The van der Waals surface area contributed by atoms with Gasteiger partial charge in [0.05, 0.1) is 16.6 Å². The number of aromatic nitrogens is 1. The van der Waals surface area contributed by atoms with Crippen LogP contribution in [0.15, 0.2) is 6.07 Å². The summed E-state index contributed by atoms with van der Waals surface area (Å²) in [5.41, 5.74) is 5.18. The number of carbonyl (C=O) groups is 1. The number of nitrogens with two attached hydrogens (primary N) is 1. The lowest BCUT2D eigenvalue weighted by atomic mass is 10.1. The van der Waals surface area contributed by atoms with E-state index in [1.54, 1.807) is 6.07 Å². The molecule has 0 saturated carbocycles. The van der Waals surface area contributed by atoms with Crippen molar-refractivity contribution in [3.05, 3.63) is 21.3 Å². The number of carbonyl (C=O) groups excluding carboxylic acids is 1. The van der Waals surface area contributed by atoms with Crippen molar-refractivity contribution >= 4 is 46.5 Å². The number of nitrogens with zero attached hydrogens (tertiary/aromatic N) is 2. The van der Waals surface area contributed by atoms with Crippen molar-refractivity contribution in [1.82, 2.24) is 9.88 Å². The average Bonchev–Trinajstić information content (AvgIpc) is 2.37. The van der Waals surface area contributed by atoms with E-state index in [0.29, 0.717) is 22.4 Å². The van der Waals surface area contributed by atoms with E-state index < -0.39 is 0 Å². The molecule has 1 aromatic heterocycles. The fourth-order valence-electron chi connectivity index (χ4n) is 2.19. The molecule has 0 aliphatic carbocycles. The molecule has 5 nitrogen and oxygen atoms in total. The molecule has 3 N–H and O–H groups in total. The molecule has 0 unspecified atom stereocenters. The Labute approximate surface area is 132 Å². The standard InChI is InChI=1S/C12H15Cl3N4O/c13-8-5-9(14)12(18-11(8)15)17-7-1-3-19(4-2-7)6-10(16)20/h5,7H,1-4,6H2,(H2,16,20)(H,17,18). The predicted molar refractivity (Wildman–Crippen MR) is 81.5 cm³/mol. The summed E-state index contributed by atoms with van der Waals surface area (Å²) >= 11 is 17.8. The second-order valence-corrected chi connectivity index (χ2v) is 5.92. The van der Waals surface area contributed by atoms with E-state index in [9.17, 15) is 4.79 Å². The summed E-state index contributed by atoms with van der Waals surface area (Å²) in [6.07, 6.45) is 1.76. The van der Waals surface area contributed by atoms with Crippen LogP contribution in [0.25, 0.3) is 0 Å². The zero-order valence-electron chi connectivity index (χ0n) is 10.7. The van der Waals surface area contributed by atoms with Crippen molar-refractivity contribution in [1.29, 1.82) is 0 Å². The van der Waals surface area contributed by atoms with Gasteiger partial charge in [0.15, 0.2) is 0 Å². The van der Waals surface area contributed by atoms with Crippen molar-refractivity contribution < 1.29 is 4.79 Å². The number of nitrogens with one attached hydrogen (secondary N) is 1. The maximum absolute atomic E-state index is 10.9. The number of hydrogen-bond donors (Lipinski definition) is 2. The van der Waals surface area contributed by atoms with Crippen LogP contribution in [-0.4, -0.2) is 41.5 Å². The molecule has 1 amide bonds. The lowest BCUT2D eigenvalue weighted by Crippen LogP contribution is -2.43. The normalized spacial score (nSPS) is 17.1. The Morgan fingerprint density at radius 1 is 1.35 bits per heavy atom. The highest BCUT2D eigenvalue weighted by Gasteiger charge is 2.21. The second-order valence-electron chi connectivity index (χ2n) is 4.75. The van der Waals surface area contributed by atoms with Crippen molar-refractivity contribution in [2.24, 2.45) is 5.73 Å². The van der Waals surface area contributed by atoms with Crippen LogP contribution in [0.4, 0.5) is 5.82 Å². The first kappa shape index (κ1) is 15.6. The third-order valence-corrected chi connectivity index (χ3v) is 4.16. The SMILES string of the molecule is NC(=O)CN1CCC(Nc2nc(Cl)c(Cl)cc2Cl)CC1. The summed E-state index contributed by atoms with van der Waals surface area (Å²) in [4.78, 5) is 17.0. The highest BCUT2D eigenvalue weighted by atomic mass is 35.5. The minimum absolute atomic E-state index is 0.227. The fourth-order valence-corrected chi connectivity index (χ4v) is 2.75. The zero-order valence-corrected chi connectivity index (χ0v) is 13.0. The van der Waals surface area contributed by atoms with Gasteiger partial charge in [-0.15, -0.1) is 0 Å². The van der Waals surface area contributed by atoms with Crippen LogP contribution in [0, 0.1) is 0 Å². The number of piperidine rings is 1. The zero-order chi connectivity index (χ0) is 14.7. The first-order chi connectivity index (χ1) is 9.45. The van der Waals surface area contributed by atoms with Crippen LogP contribution < -0.4 is 11.1 Å². The molecule has 1 aromatic rings. The summed E-state index contributed by atoms with van der Waals surface area (Å²) in [5.74, 6) is 0.236. The summed E-state index contributed by atoms with van der Waals surface area (Å²) < 4.78 is 0. The van der Waals surface area contributed by atoms with Crippen LogP contribution in [-0.2, 0) is 4.79 Å². The topological polar surface area (TPSA) is 71.2 Å². The van der Waals surface area contributed by atoms with Crippen LogP contribution in [0.3, 0.4) is 0 Å². The van der Waals surface area contributed by atoms with E-state index in [0.717, 1.165) is 25.9 Å². The van der Waals surface area contributed by atoms with Crippen molar-refractivity contribution in [3.63, 3.8) is 0 Å². The minimum atomic E-state index is -0.300. The van der Waals surface area contributed by atoms with Gasteiger partial charge in [0.2, 0.25) is 5.91 Å². The van der Waals surface area contributed by atoms with Gasteiger partial charge in [0.25, 0.3) is 0 Å². The second kappa shape index (κ2) is 6.80. The third kappa shape index (κ3) is 4.12. The molecule has 0 radical (unpaired) electrons. The number of likely N-dealkylation sites (tertiary alicyclic amines) is 1. The Bertz CT molecular complexity index is 504. The fraction of sp³-hybridized carbons (Fsp3) is 0.500. The van der Waals surface area contributed by atoms with E-state index in [1.807, 2.05) is 4.90 Å². The smallest absolute Gasteiger partial charge is 0.231 e. The number of pyridine rings is 1. The Balaban J connectivity index is 1.93. The van der Waals surface area contributed by atoms with Crippen LogP contribution in [0.5, 0.6) is 0 Å². The Morgan fingerprint density at radius 2 is 2.00 bits per heavy atom. The van der Waals surface area contributed by atoms with E-state index in [-0.39, 0.29) is 17.1 Å². The lowest BCUT2D eigenvalue weighted by Gasteiger charge is -2.31. The molecule has 2 heterocycles. The van der Waals surface area contributed by atoms with Crippen LogP contribution >= 0.6 is 34.8 Å². The third-order valence-electron chi connectivity index (χ3n) is 3.19. The van der Waals surface area contributed by atoms with Gasteiger partial charge in [-0.2, -0.15) is 0 Å². The first-order valence-corrected chi connectivity index (χ1v) is 7.38. The van der Waals surface area contributed by atoms with Crippen molar-refractivity contribution in [3.8, 4) is 0 Å². The Morgan fingerprint density at radius 3 is 2.60 bits per heavy atom. The van der Waals surface area contributed by atoms with Crippen molar-refractivity contribution in [2.75, 3.05) is 25.0 Å². The van der Waals surface area contributed by atoms with Gasteiger partial charge >= 0.3 is 0 Å². The minimum Gasteiger partial charge on any atom is -0.369 e. The Hall–Kier alpha value is -0.750. The van der Waals surface area contributed by atoms with E-state index in [4.69, 9.17) is 40.5 Å². The molecule has 1 aliphatic heterocycles. The number of halogens is 3. The highest BCUT2D eigenvalue weighted by Crippen LogP contribution is 2.30. The van der Waals surface area contributed by atoms with Gasteiger partial charge < -0.3 is 11.1 Å². The van der Waals surface area contributed by atoms with E-state index in [2.05, 4.69) is 10.3 Å². The summed E-state index contributed by atoms with van der Waals surface area (Å²) in [5, 5.41) is 4.26. The maximum Gasteiger partial charge on any atom is 0.231 e. The number of rotatable bonds is 4. The maximum atomic E-state index is 10.9. The molecule has 1 fully saturated rings. The number of amides is 1. The van der Waals surface area contributed by atoms with Gasteiger partial charge in [-0.3, -0.25) is 9.69 Å². The molecule has 0 spiro atoms. The quantitative estimate of drug-likeness (QED) is 0.828. The molecule has 8 heteroatoms. The molecule has 110 valence electrons. The number of primary amides is 1. The van der Waals surface area contributed by atoms with Gasteiger partial charge in [-0.1, -0.05) is 34.8 Å². The summed E-state index contributed by atoms with van der Waals surface area (Å²) in [6, 6.07) is 1.81. The van der Waals surface area contributed by atoms with Crippen LogP contribution in [0.2, 0.25) is 15.2 Å². The van der Waals surface area contributed by atoms with Crippen molar-refractivity contribution in [2.45, 2.75) is 18.9 Å². The monoisotopic (exact) mass is 336 g/mol. The molecule has 0 atom stereocenters. The van der Waals surface area contributed by atoms with Gasteiger partial charge in [0, 0.05) is 19.1 Å². The molecular formula is C12H15Cl3N4O. The molecule has 1 aliphatic rings. The largest absolute Gasteiger partial charge is 0.369 e. The first-order valence-electron chi connectivity index (χ1n) is 6.24. The summed E-state index contributed by atoms with van der Waals surface area (Å²) in [7, 11) is 0. The lowest BCUT2D eigenvalue weighted by molar-refractivity contribution is -0.119. The molecule has 0 bridgehead atoms. The molecular weight excluding hydrogens is 323 g/mol. The molecule has 20 heavy (non-hydrogen) atoms. The summed E-state index contributed by atoms with van der Waals surface area (Å²) in [6.45, 7) is 1.91. The molecule has 1 saturated heterocycles. The average molecular weight is 338 g/mol. The van der Waals surface area contributed by atoms with Crippen LogP contribution in [0.1, 0.15) is 12.8 Å². The van der Waals surface area contributed by atoms with E-state index >= 15 is 0 Å².